The minimum atomic E-state index is -0.00363. The van der Waals surface area contributed by atoms with Crippen LogP contribution in [0, 0.1) is 5.92 Å². The fourth-order valence-corrected chi connectivity index (χ4v) is 11.1. The summed E-state index contributed by atoms with van der Waals surface area (Å²) >= 11 is 1.90. The predicted molar refractivity (Wildman–Crippen MR) is 250 cm³/mol. The second-order valence-electron chi connectivity index (χ2n) is 15.9. The molecular formula is C55H40N2OS. The van der Waals surface area contributed by atoms with E-state index in [9.17, 15) is 0 Å². The summed E-state index contributed by atoms with van der Waals surface area (Å²) in [6.45, 7) is 2.34. The van der Waals surface area contributed by atoms with Gasteiger partial charge in [-0.25, -0.2) is 0 Å². The smallest absolute Gasteiger partial charge is 0.135 e. The van der Waals surface area contributed by atoms with E-state index in [-0.39, 0.29) is 18.0 Å². The third-order valence-electron chi connectivity index (χ3n) is 12.7. The second-order valence-corrected chi connectivity index (χ2v) is 17.0. The highest BCUT2D eigenvalue weighted by Crippen LogP contribution is 2.48. The topological polar surface area (TPSA) is 30.1 Å². The van der Waals surface area contributed by atoms with Gasteiger partial charge in [-0.2, -0.15) is 0 Å². The first-order chi connectivity index (χ1) is 29.2. The van der Waals surface area contributed by atoms with Gasteiger partial charge in [0.15, 0.2) is 0 Å². The largest absolute Gasteiger partial charge is 0.456 e. The quantitative estimate of drug-likeness (QED) is 0.182. The Labute approximate surface area is 346 Å². The lowest BCUT2D eigenvalue weighted by atomic mass is 9.76. The number of aromatic nitrogens is 1. The first kappa shape index (κ1) is 34.3. The monoisotopic (exact) mass is 776 g/mol. The van der Waals surface area contributed by atoms with Gasteiger partial charge in [0, 0.05) is 59.4 Å². The molecule has 0 aliphatic carbocycles. The molecule has 282 valence electrons. The van der Waals surface area contributed by atoms with E-state index in [0.717, 1.165) is 28.4 Å². The molecule has 3 aromatic heterocycles. The van der Waals surface area contributed by atoms with Crippen LogP contribution in [0.1, 0.15) is 42.1 Å². The van der Waals surface area contributed by atoms with Crippen molar-refractivity contribution in [2.24, 2.45) is 5.92 Å². The van der Waals surface area contributed by atoms with Gasteiger partial charge in [0.2, 0.25) is 0 Å². The molecule has 4 heterocycles. The molecule has 12 rings (SSSR count). The van der Waals surface area contributed by atoms with Crippen molar-refractivity contribution in [1.29, 1.82) is 0 Å². The van der Waals surface area contributed by atoms with Crippen LogP contribution in [0.5, 0.6) is 0 Å². The fraction of sp³-hybridized carbons (Fsp3) is 0.0909. The maximum absolute atomic E-state index is 6.41. The Morgan fingerprint density at radius 3 is 2.10 bits per heavy atom. The summed E-state index contributed by atoms with van der Waals surface area (Å²) in [7, 11) is 0. The summed E-state index contributed by atoms with van der Waals surface area (Å²) in [5.41, 5.74) is 13.2. The van der Waals surface area contributed by atoms with Crippen LogP contribution in [-0.4, -0.2) is 4.57 Å². The van der Waals surface area contributed by atoms with Crippen LogP contribution in [0.3, 0.4) is 0 Å². The van der Waals surface area contributed by atoms with Gasteiger partial charge in [-0.1, -0.05) is 134 Å². The number of fused-ring (bicyclic) bond motifs is 9. The van der Waals surface area contributed by atoms with E-state index in [1.165, 1.54) is 81.1 Å². The van der Waals surface area contributed by atoms with E-state index in [1.54, 1.807) is 0 Å². The standard InChI is InChI=1S/C55H40N2OS/c1-2-39-44(33-47(56-55(39)34-14-5-3-6-15-34)37-24-27-42-41-19-10-12-22-50(41)58-51(42)32-37)43-20-13-23-53-54(43)46-31-36(26-29-52(46)59-53)35-25-28-49-45(30-35)40-18-9-11-21-48(40)57(49)38-16-7-4-8-17-38/h3-33,39,47,55-56H,2H2,1H3. The van der Waals surface area contributed by atoms with Crippen molar-refractivity contribution in [2.75, 3.05) is 0 Å². The van der Waals surface area contributed by atoms with Gasteiger partial charge < -0.3 is 8.98 Å². The number of nitrogens with one attached hydrogen (secondary N) is 1. The van der Waals surface area contributed by atoms with Crippen LogP contribution in [0.25, 0.3) is 86.3 Å². The number of nitrogens with zero attached hydrogens (tertiary/aromatic N) is 1. The Hall–Kier alpha value is -6.72. The van der Waals surface area contributed by atoms with E-state index < -0.39 is 0 Å². The number of para-hydroxylation sites is 3. The highest BCUT2D eigenvalue weighted by atomic mass is 32.1. The lowest BCUT2D eigenvalue weighted by Crippen LogP contribution is -2.35. The summed E-state index contributed by atoms with van der Waals surface area (Å²) < 4.78 is 11.4. The average molecular weight is 777 g/mol. The first-order valence-electron chi connectivity index (χ1n) is 20.7. The molecule has 0 saturated carbocycles. The molecule has 59 heavy (non-hydrogen) atoms. The molecule has 11 aromatic rings. The number of benzene rings is 8. The third kappa shape index (κ3) is 5.51. The van der Waals surface area contributed by atoms with Gasteiger partial charge in [-0.15, -0.1) is 11.3 Å². The molecule has 0 spiro atoms. The van der Waals surface area contributed by atoms with E-state index in [1.807, 2.05) is 17.4 Å². The number of thiophene rings is 1. The van der Waals surface area contributed by atoms with Crippen molar-refractivity contribution < 1.29 is 4.42 Å². The molecule has 0 bridgehead atoms. The fourth-order valence-electron chi connectivity index (χ4n) is 9.96. The summed E-state index contributed by atoms with van der Waals surface area (Å²) in [5, 5.41) is 11.6. The van der Waals surface area contributed by atoms with Gasteiger partial charge in [0.25, 0.3) is 0 Å². The molecule has 0 saturated heterocycles. The molecule has 3 unspecified atom stereocenters. The lowest BCUT2D eigenvalue weighted by molar-refractivity contribution is 0.378. The highest BCUT2D eigenvalue weighted by Gasteiger charge is 2.34. The van der Waals surface area contributed by atoms with Crippen molar-refractivity contribution in [3.8, 4) is 16.8 Å². The molecule has 8 aromatic carbocycles. The Morgan fingerprint density at radius 2 is 1.25 bits per heavy atom. The highest BCUT2D eigenvalue weighted by molar-refractivity contribution is 7.25. The van der Waals surface area contributed by atoms with Gasteiger partial charge in [0.1, 0.15) is 11.2 Å². The summed E-state index contributed by atoms with van der Waals surface area (Å²) in [5.74, 6) is 0.275. The van der Waals surface area contributed by atoms with Gasteiger partial charge in [-0.05, 0) is 100 Å². The Balaban J connectivity index is 1.02. The Morgan fingerprint density at radius 1 is 0.542 bits per heavy atom. The SMILES string of the molecule is CCC1C(c2cccc3sc4ccc(-c5ccc6c(c5)c5ccccc5n6-c5ccccc5)cc4c23)=CC(c2ccc3c(c2)oc2ccccc23)NC1c1ccccc1. The minimum absolute atomic E-state index is 0.00363. The summed E-state index contributed by atoms with van der Waals surface area (Å²) in [4.78, 5) is 0. The van der Waals surface area contributed by atoms with Crippen LogP contribution in [0.15, 0.2) is 192 Å². The van der Waals surface area contributed by atoms with Gasteiger partial charge in [-0.3, -0.25) is 5.32 Å². The van der Waals surface area contributed by atoms with Crippen molar-refractivity contribution in [3.05, 3.63) is 205 Å². The zero-order valence-corrected chi connectivity index (χ0v) is 33.4. The molecule has 1 aliphatic heterocycles. The van der Waals surface area contributed by atoms with Crippen LogP contribution >= 0.6 is 11.3 Å². The first-order valence-corrected chi connectivity index (χ1v) is 21.5. The molecule has 0 fully saturated rings. The zero-order valence-electron chi connectivity index (χ0n) is 32.6. The minimum Gasteiger partial charge on any atom is -0.456 e. The van der Waals surface area contributed by atoms with Crippen molar-refractivity contribution in [2.45, 2.75) is 25.4 Å². The third-order valence-corrected chi connectivity index (χ3v) is 13.8. The van der Waals surface area contributed by atoms with E-state index >= 15 is 0 Å². The molecule has 3 nitrogen and oxygen atoms in total. The summed E-state index contributed by atoms with van der Waals surface area (Å²) in [6.07, 6.45) is 3.52. The Kier molecular flexibility index (Phi) is 7.97. The maximum Gasteiger partial charge on any atom is 0.135 e. The molecule has 0 amide bonds. The van der Waals surface area contributed by atoms with Gasteiger partial charge >= 0.3 is 0 Å². The van der Waals surface area contributed by atoms with Crippen LogP contribution in [0.4, 0.5) is 0 Å². The maximum atomic E-state index is 6.41. The molecule has 1 N–H and O–H groups in total. The number of hydrogen-bond acceptors (Lipinski definition) is 3. The van der Waals surface area contributed by atoms with Crippen LogP contribution in [-0.2, 0) is 0 Å². The molecule has 0 radical (unpaired) electrons. The molecule has 3 atom stereocenters. The van der Waals surface area contributed by atoms with Crippen LogP contribution in [0.2, 0.25) is 0 Å². The lowest BCUT2D eigenvalue weighted by Gasteiger charge is -2.38. The van der Waals surface area contributed by atoms with E-state index in [4.69, 9.17) is 4.42 Å². The molecule has 1 aliphatic rings. The van der Waals surface area contributed by atoms with Crippen molar-refractivity contribution in [3.63, 3.8) is 0 Å². The van der Waals surface area contributed by atoms with E-state index in [0.29, 0.717) is 0 Å². The predicted octanol–water partition coefficient (Wildman–Crippen LogP) is 15.2. The zero-order chi connectivity index (χ0) is 39.0. The van der Waals surface area contributed by atoms with Crippen molar-refractivity contribution >= 4 is 80.8 Å². The Bertz CT molecular complexity index is 3420. The van der Waals surface area contributed by atoms with Crippen LogP contribution < -0.4 is 5.32 Å². The van der Waals surface area contributed by atoms with E-state index in [2.05, 4.69) is 199 Å². The summed E-state index contributed by atoms with van der Waals surface area (Å²) in [6, 6.07) is 66.7. The number of rotatable bonds is 6. The normalized spacial score (nSPS) is 17.2. The number of hydrogen-bond donors (Lipinski definition) is 1. The molecule has 4 heteroatoms. The van der Waals surface area contributed by atoms with Crippen molar-refractivity contribution in [1.82, 2.24) is 9.88 Å². The van der Waals surface area contributed by atoms with Gasteiger partial charge in [0.05, 0.1) is 17.1 Å². The number of furan rings is 1. The second kappa shape index (κ2) is 13.7. The average Bonchev–Trinajstić information content (AvgIpc) is 3.98. The molecular weight excluding hydrogens is 737 g/mol.